The Kier molecular flexibility index (Phi) is 4.28. The van der Waals surface area contributed by atoms with E-state index in [1.54, 1.807) is 6.07 Å². The minimum Gasteiger partial charge on any atom is -0.342 e. The molecule has 1 aliphatic heterocycles. The molecule has 0 unspecified atom stereocenters. The summed E-state index contributed by atoms with van der Waals surface area (Å²) in [4.78, 5) is 13.9. The Morgan fingerprint density at radius 1 is 1.11 bits per heavy atom. The first-order valence-electron chi connectivity index (χ1n) is 9.37. The fourth-order valence-electron chi connectivity index (χ4n) is 4.88. The number of piperidine rings is 1. The zero-order chi connectivity index (χ0) is 20.3. The first-order valence-corrected chi connectivity index (χ1v) is 9.37. The summed E-state index contributed by atoms with van der Waals surface area (Å²) in [5, 5.41) is 0. The number of likely N-dealkylation sites (tertiary alicyclic amines) is 1. The highest BCUT2D eigenvalue weighted by Gasteiger charge is 2.46. The van der Waals surface area contributed by atoms with E-state index < -0.39 is 17.6 Å². The zero-order valence-corrected chi connectivity index (χ0v) is 15.7. The second-order valence-electron chi connectivity index (χ2n) is 8.04. The summed E-state index contributed by atoms with van der Waals surface area (Å²) in [5.74, 6) is -0.716. The maximum Gasteiger partial charge on any atom is 0.416 e. The highest BCUT2D eigenvalue weighted by molar-refractivity contribution is 5.78. The highest BCUT2D eigenvalue weighted by atomic mass is 19.4. The highest BCUT2D eigenvalue weighted by Crippen LogP contribution is 2.46. The Labute approximate surface area is 161 Å². The summed E-state index contributed by atoms with van der Waals surface area (Å²) in [6, 6.07) is 8.41. The predicted octanol–water partition coefficient (Wildman–Crippen LogP) is 5.34. The van der Waals surface area contributed by atoms with Gasteiger partial charge in [-0.15, -0.1) is 0 Å². The van der Waals surface area contributed by atoms with E-state index in [9.17, 15) is 22.4 Å². The molecule has 0 spiro atoms. The van der Waals surface area contributed by atoms with Gasteiger partial charge >= 0.3 is 6.18 Å². The lowest BCUT2D eigenvalue weighted by atomic mass is 9.63. The molecule has 1 fully saturated rings. The molecule has 2 aromatic rings. The maximum absolute atomic E-state index is 14.4. The van der Waals surface area contributed by atoms with Crippen LogP contribution in [-0.4, -0.2) is 23.9 Å². The second kappa shape index (κ2) is 6.33. The fraction of sp³-hybridized carbons (Fsp3) is 0.409. The van der Waals surface area contributed by atoms with E-state index in [1.165, 1.54) is 6.07 Å². The van der Waals surface area contributed by atoms with Gasteiger partial charge in [-0.05, 0) is 48.1 Å². The van der Waals surface area contributed by atoms with Crippen LogP contribution in [0.25, 0.3) is 11.1 Å². The number of carbonyl (C=O) groups excluding carboxylic acids is 1. The number of halogens is 4. The number of amides is 1. The molecule has 4 rings (SSSR count). The van der Waals surface area contributed by atoms with Crippen molar-refractivity contribution < 1.29 is 22.4 Å². The first kappa shape index (κ1) is 19.0. The molecule has 0 saturated carbocycles. The minimum atomic E-state index is -4.57. The predicted molar refractivity (Wildman–Crippen MR) is 98.3 cm³/mol. The molecule has 148 valence electrons. The molecule has 1 heterocycles. The second-order valence-corrected chi connectivity index (χ2v) is 8.04. The molecule has 2 aliphatic rings. The van der Waals surface area contributed by atoms with Crippen molar-refractivity contribution in [1.82, 2.24) is 4.90 Å². The molecule has 0 aromatic heterocycles. The average molecular weight is 391 g/mol. The number of hydrogen-bond acceptors (Lipinski definition) is 1. The van der Waals surface area contributed by atoms with Crippen LogP contribution < -0.4 is 0 Å². The largest absolute Gasteiger partial charge is 0.416 e. The summed E-state index contributed by atoms with van der Waals surface area (Å²) in [5.41, 5.74) is 1.83. The van der Waals surface area contributed by atoms with Gasteiger partial charge in [-0.25, -0.2) is 4.39 Å². The molecule has 1 amide bonds. The summed E-state index contributed by atoms with van der Waals surface area (Å²) in [6.45, 7) is 2.16. The first-order chi connectivity index (χ1) is 13.1. The molecule has 2 nitrogen and oxygen atoms in total. The van der Waals surface area contributed by atoms with Gasteiger partial charge in [-0.1, -0.05) is 31.2 Å². The van der Waals surface area contributed by atoms with Crippen LogP contribution in [0, 0.1) is 5.82 Å². The van der Waals surface area contributed by atoms with Crippen molar-refractivity contribution in [3.05, 3.63) is 58.9 Å². The number of fused-ring (bicyclic) bond motifs is 3. The van der Waals surface area contributed by atoms with Gasteiger partial charge in [0.15, 0.2) is 0 Å². The Hall–Kier alpha value is -2.37. The van der Waals surface area contributed by atoms with Crippen LogP contribution in [0.15, 0.2) is 36.4 Å². The summed E-state index contributed by atoms with van der Waals surface area (Å²) in [7, 11) is 1.85. The smallest absolute Gasteiger partial charge is 0.342 e. The topological polar surface area (TPSA) is 20.3 Å². The summed E-state index contributed by atoms with van der Waals surface area (Å²) >= 11 is 0. The van der Waals surface area contributed by atoms with E-state index in [-0.39, 0.29) is 22.9 Å². The minimum absolute atomic E-state index is 0.134. The number of carbonyl (C=O) groups is 1. The molecule has 6 heteroatoms. The number of benzene rings is 2. The number of nitrogens with zero attached hydrogens (tertiary/aromatic N) is 1. The SMILES string of the molecule is CN1C(=O)CC[C@]2(C)c3ccc(-c4ccc(C(F)(F)F)cc4F)cc3CC[C@@H]12. The lowest BCUT2D eigenvalue weighted by molar-refractivity contribution is -0.138. The number of rotatable bonds is 1. The van der Waals surface area contributed by atoms with Crippen molar-refractivity contribution in [3.63, 3.8) is 0 Å². The van der Waals surface area contributed by atoms with Crippen LogP contribution in [-0.2, 0) is 22.8 Å². The Morgan fingerprint density at radius 2 is 1.86 bits per heavy atom. The molecular formula is C22H21F4NO. The van der Waals surface area contributed by atoms with Crippen molar-refractivity contribution in [1.29, 1.82) is 0 Å². The molecule has 2 aromatic carbocycles. The van der Waals surface area contributed by atoms with Crippen molar-refractivity contribution in [2.24, 2.45) is 0 Å². The Balaban J connectivity index is 1.73. The lowest BCUT2D eigenvalue weighted by Gasteiger charge is -2.50. The molecular weight excluding hydrogens is 370 g/mol. The lowest BCUT2D eigenvalue weighted by Crippen LogP contribution is -2.56. The van der Waals surface area contributed by atoms with E-state index in [1.807, 2.05) is 24.1 Å². The van der Waals surface area contributed by atoms with Gasteiger partial charge < -0.3 is 4.90 Å². The van der Waals surface area contributed by atoms with E-state index in [2.05, 4.69) is 6.92 Å². The van der Waals surface area contributed by atoms with Crippen molar-refractivity contribution in [3.8, 4) is 11.1 Å². The van der Waals surface area contributed by atoms with Crippen molar-refractivity contribution in [2.75, 3.05) is 7.05 Å². The molecule has 1 aliphatic carbocycles. The van der Waals surface area contributed by atoms with Gasteiger partial charge in [0, 0.05) is 30.5 Å². The van der Waals surface area contributed by atoms with Gasteiger partial charge in [0.25, 0.3) is 0 Å². The number of alkyl halides is 3. The summed E-state index contributed by atoms with van der Waals surface area (Å²) < 4.78 is 52.8. The third kappa shape index (κ3) is 2.90. The summed E-state index contributed by atoms with van der Waals surface area (Å²) in [6.07, 6.45) is -1.72. The monoisotopic (exact) mass is 391 g/mol. The van der Waals surface area contributed by atoms with Gasteiger partial charge in [-0.3, -0.25) is 4.79 Å². The number of likely N-dealkylation sites (N-methyl/N-ethyl adjacent to an activating group) is 1. The van der Waals surface area contributed by atoms with Crippen LogP contribution in [0.3, 0.4) is 0 Å². The van der Waals surface area contributed by atoms with Gasteiger partial charge in [0.05, 0.1) is 5.56 Å². The fourth-order valence-corrected chi connectivity index (χ4v) is 4.88. The quantitative estimate of drug-likeness (QED) is 0.601. The number of aryl methyl sites for hydroxylation is 1. The van der Waals surface area contributed by atoms with Crippen LogP contribution in [0.5, 0.6) is 0 Å². The van der Waals surface area contributed by atoms with Crippen LogP contribution in [0.4, 0.5) is 17.6 Å². The molecule has 0 N–H and O–H groups in total. The van der Waals surface area contributed by atoms with Crippen LogP contribution in [0.2, 0.25) is 0 Å². The van der Waals surface area contributed by atoms with Crippen molar-refractivity contribution >= 4 is 5.91 Å². The molecule has 28 heavy (non-hydrogen) atoms. The van der Waals surface area contributed by atoms with Gasteiger partial charge in [0.2, 0.25) is 5.91 Å². The van der Waals surface area contributed by atoms with Crippen molar-refractivity contribution in [2.45, 2.75) is 50.2 Å². The van der Waals surface area contributed by atoms with Gasteiger partial charge in [0.1, 0.15) is 5.82 Å². The normalized spacial score (nSPS) is 24.7. The van der Waals surface area contributed by atoms with E-state index in [4.69, 9.17) is 0 Å². The van der Waals surface area contributed by atoms with Crippen LogP contribution in [0.1, 0.15) is 42.9 Å². The van der Waals surface area contributed by atoms with Gasteiger partial charge in [-0.2, -0.15) is 13.2 Å². The molecule has 2 atom stereocenters. The van der Waals surface area contributed by atoms with E-state index in [0.29, 0.717) is 18.1 Å². The third-order valence-electron chi connectivity index (χ3n) is 6.47. The molecule has 0 bridgehead atoms. The Morgan fingerprint density at radius 3 is 2.54 bits per heavy atom. The molecule has 0 radical (unpaired) electrons. The van der Waals surface area contributed by atoms with E-state index in [0.717, 1.165) is 36.5 Å². The third-order valence-corrected chi connectivity index (χ3v) is 6.47. The Bertz CT molecular complexity index is 952. The number of hydrogen-bond donors (Lipinski definition) is 0. The maximum atomic E-state index is 14.4. The standard InChI is InChI=1S/C22H21F4NO/c1-21-10-9-20(28)27(2)19(21)8-4-14-11-13(3-7-17(14)21)16-6-5-15(12-18(16)23)22(24,25)26/h3,5-7,11-12,19H,4,8-10H2,1-2H3/t19-,21-/m1/s1. The molecule has 1 saturated heterocycles. The van der Waals surface area contributed by atoms with E-state index >= 15 is 0 Å². The zero-order valence-electron chi connectivity index (χ0n) is 15.7. The van der Waals surface area contributed by atoms with Crippen LogP contribution >= 0.6 is 0 Å². The average Bonchev–Trinajstić information content (AvgIpc) is 2.64.